The third kappa shape index (κ3) is 3.38. The van der Waals surface area contributed by atoms with E-state index < -0.39 is 0 Å². The first-order valence-corrected chi connectivity index (χ1v) is 7.73. The van der Waals surface area contributed by atoms with Crippen LogP contribution in [0.25, 0.3) is 10.2 Å². The molecule has 0 unspecified atom stereocenters. The van der Waals surface area contributed by atoms with Crippen LogP contribution in [0.1, 0.15) is 15.4 Å². The lowest BCUT2D eigenvalue weighted by Crippen LogP contribution is -2.30. The quantitative estimate of drug-likeness (QED) is 0.737. The number of benzene rings is 2. The second kappa shape index (κ2) is 6.49. The first-order chi connectivity index (χ1) is 10.7. The first-order valence-electron chi connectivity index (χ1n) is 6.92. The monoisotopic (exact) mass is 310 g/mol. The Balaban J connectivity index is 1.59. The normalized spacial score (nSPS) is 10.5. The minimum absolute atomic E-state index is 0.0223. The third-order valence-corrected chi connectivity index (χ3v) is 4.26. The van der Waals surface area contributed by atoms with Crippen LogP contribution in [0.4, 0.5) is 0 Å². The molecule has 1 aromatic heterocycles. The van der Waals surface area contributed by atoms with Gasteiger partial charge in [0.05, 0.1) is 23.2 Å². The number of nitrogens with zero attached hydrogens (tertiary/aromatic N) is 1. The van der Waals surface area contributed by atoms with E-state index in [-0.39, 0.29) is 24.7 Å². The van der Waals surface area contributed by atoms with Crippen molar-refractivity contribution in [3.05, 3.63) is 65.2 Å². The number of fused-ring (bicyclic) bond motifs is 1. The predicted octanol–water partition coefficient (Wildman–Crippen LogP) is 2.84. The molecule has 0 radical (unpaired) electrons. The maximum absolute atomic E-state index is 12.1. The molecule has 1 amide bonds. The van der Waals surface area contributed by atoms with Crippen LogP contribution >= 0.6 is 11.3 Å². The topological polar surface area (TPSA) is 59.1 Å². The van der Waals surface area contributed by atoms with E-state index in [2.05, 4.69) is 10.3 Å². The zero-order valence-electron chi connectivity index (χ0n) is 11.8. The van der Waals surface area contributed by atoms with Gasteiger partial charge in [-0.2, -0.15) is 0 Å². The molecule has 1 N–H and O–H groups in total. The summed E-state index contributed by atoms with van der Waals surface area (Å²) in [5.41, 5.74) is 1.74. The van der Waals surface area contributed by atoms with Crippen LogP contribution in [0, 0.1) is 0 Å². The fraction of sp³-hybridized carbons (Fsp3) is 0.118. The maximum atomic E-state index is 12.1. The Bertz CT molecular complexity index is 779. The van der Waals surface area contributed by atoms with E-state index in [0.717, 1.165) is 15.8 Å². The van der Waals surface area contributed by atoms with Crippen LogP contribution in [0.3, 0.4) is 0 Å². The molecule has 0 fully saturated rings. The van der Waals surface area contributed by atoms with Gasteiger partial charge < -0.3 is 5.32 Å². The average Bonchev–Trinajstić information content (AvgIpc) is 2.98. The molecular formula is C17H14N2O2S. The number of rotatable bonds is 5. The number of Topliss-reactive ketones (excluding diaryl/α,β-unsaturated/α-hetero) is 1. The lowest BCUT2D eigenvalue weighted by Gasteiger charge is -2.03. The second-order valence-electron chi connectivity index (χ2n) is 4.85. The number of hydrogen-bond acceptors (Lipinski definition) is 4. The lowest BCUT2D eigenvalue weighted by molar-refractivity contribution is -0.120. The van der Waals surface area contributed by atoms with E-state index in [1.165, 1.54) is 11.3 Å². The molecule has 0 saturated carbocycles. The van der Waals surface area contributed by atoms with Crippen LogP contribution in [0.15, 0.2) is 54.6 Å². The van der Waals surface area contributed by atoms with E-state index >= 15 is 0 Å². The Hall–Kier alpha value is -2.53. The summed E-state index contributed by atoms with van der Waals surface area (Å²) >= 11 is 1.35. The van der Waals surface area contributed by atoms with Crippen LogP contribution in [-0.2, 0) is 11.2 Å². The molecular weight excluding hydrogens is 296 g/mol. The number of nitrogens with one attached hydrogen (secondary N) is 1. The molecule has 0 atom stereocenters. The van der Waals surface area contributed by atoms with Crippen molar-refractivity contribution in [2.45, 2.75) is 6.42 Å². The van der Waals surface area contributed by atoms with E-state index in [9.17, 15) is 9.59 Å². The fourth-order valence-electron chi connectivity index (χ4n) is 2.09. The van der Waals surface area contributed by atoms with Gasteiger partial charge in [0.2, 0.25) is 11.7 Å². The van der Waals surface area contributed by atoms with E-state index in [1.54, 1.807) is 0 Å². The molecule has 5 heteroatoms. The number of carbonyl (C=O) groups excluding carboxylic acids is 2. The smallest absolute Gasteiger partial charge is 0.224 e. The minimum atomic E-state index is -0.166. The Labute approximate surface area is 131 Å². The molecule has 3 aromatic rings. The van der Waals surface area contributed by atoms with Gasteiger partial charge in [-0.05, 0) is 17.7 Å². The third-order valence-electron chi connectivity index (χ3n) is 3.19. The van der Waals surface area contributed by atoms with E-state index in [4.69, 9.17) is 0 Å². The highest BCUT2D eigenvalue weighted by atomic mass is 32.1. The van der Waals surface area contributed by atoms with E-state index in [1.807, 2.05) is 54.6 Å². The number of hydrogen-bond donors (Lipinski definition) is 1. The summed E-state index contributed by atoms with van der Waals surface area (Å²) in [5, 5.41) is 3.08. The molecule has 0 aliphatic carbocycles. The molecule has 2 aromatic carbocycles. The van der Waals surface area contributed by atoms with Crippen molar-refractivity contribution >= 4 is 33.2 Å². The fourth-order valence-corrected chi connectivity index (χ4v) is 2.99. The largest absolute Gasteiger partial charge is 0.348 e. The van der Waals surface area contributed by atoms with Crippen molar-refractivity contribution in [2.24, 2.45) is 0 Å². The lowest BCUT2D eigenvalue weighted by atomic mass is 10.1. The van der Waals surface area contributed by atoms with Crippen molar-refractivity contribution in [1.29, 1.82) is 0 Å². The van der Waals surface area contributed by atoms with Gasteiger partial charge in [-0.1, -0.05) is 42.5 Å². The van der Waals surface area contributed by atoms with Crippen LogP contribution < -0.4 is 5.32 Å². The van der Waals surface area contributed by atoms with Crippen LogP contribution in [-0.4, -0.2) is 23.2 Å². The maximum Gasteiger partial charge on any atom is 0.224 e. The highest BCUT2D eigenvalue weighted by Gasteiger charge is 2.13. The van der Waals surface area contributed by atoms with E-state index in [0.29, 0.717) is 5.01 Å². The number of ketones is 1. The second-order valence-corrected chi connectivity index (χ2v) is 5.88. The van der Waals surface area contributed by atoms with Crippen molar-refractivity contribution in [2.75, 3.05) is 6.54 Å². The highest BCUT2D eigenvalue weighted by Crippen LogP contribution is 2.21. The number of thiazole rings is 1. The molecule has 4 nitrogen and oxygen atoms in total. The van der Waals surface area contributed by atoms with Crippen molar-refractivity contribution in [3.63, 3.8) is 0 Å². The minimum Gasteiger partial charge on any atom is -0.348 e. The van der Waals surface area contributed by atoms with Crippen LogP contribution in [0.2, 0.25) is 0 Å². The first kappa shape index (κ1) is 14.4. The molecule has 0 bridgehead atoms. The molecule has 1 heterocycles. The predicted molar refractivity (Wildman–Crippen MR) is 87.1 cm³/mol. The number of carbonyl (C=O) groups is 2. The van der Waals surface area contributed by atoms with Crippen LogP contribution in [0.5, 0.6) is 0 Å². The Kier molecular flexibility index (Phi) is 4.25. The summed E-state index contributed by atoms with van der Waals surface area (Å²) < 4.78 is 0.974. The molecule has 0 aliphatic rings. The zero-order valence-corrected chi connectivity index (χ0v) is 12.6. The Morgan fingerprint density at radius 2 is 1.73 bits per heavy atom. The highest BCUT2D eigenvalue weighted by molar-refractivity contribution is 7.20. The molecule has 3 rings (SSSR count). The van der Waals surface area contributed by atoms with Gasteiger partial charge in [0, 0.05) is 0 Å². The SMILES string of the molecule is O=C(Cc1ccccc1)NCC(=O)c1nc2ccccc2s1. The van der Waals surface area contributed by atoms with Crippen molar-refractivity contribution < 1.29 is 9.59 Å². The number of aromatic nitrogens is 1. The zero-order chi connectivity index (χ0) is 15.4. The molecule has 22 heavy (non-hydrogen) atoms. The molecule has 110 valence electrons. The standard InChI is InChI=1S/C17H14N2O2S/c20-14(17-19-13-8-4-5-9-15(13)22-17)11-18-16(21)10-12-6-2-1-3-7-12/h1-9H,10-11H2,(H,18,21). The summed E-state index contributed by atoms with van der Waals surface area (Å²) in [6.07, 6.45) is 0.272. The summed E-state index contributed by atoms with van der Waals surface area (Å²) in [4.78, 5) is 28.2. The summed E-state index contributed by atoms with van der Waals surface area (Å²) in [5.74, 6) is -0.330. The van der Waals surface area contributed by atoms with Gasteiger partial charge in [-0.3, -0.25) is 9.59 Å². The van der Waals surface area contributed by atoms with Gasteiger partial charge in [-0.15, -0.1) is 11.3 Å². The van der Waals surface area contributed by atoms with Gasteiger partial charge in [0.25, 0.3) is 0 Å². The number of para-hydroxylation sites is 1. The number of amides is 1. The summed E-state index contributed by atoms with van der Waals surface area (Å²) in [6.45, 7) is -0.0223. The van der Waals surface area contributed by atoms with Crippen molar-refractivity contribution in [3.8, 4) is 0 Å². The molecule has 0 saturated heterocycles. The van der Waals surface area contributed by atoms with Gasteiger partial charge in [0.15, 0.2) is 5.01 Å². The molecule has 0 spiro atoms. The molecule has 0 aliphatic heterocycles. The average molecular weight is 310 g/mol. The van der Waals surface area contributed by atoms with Gasteiger partial charge in [-0.25, -0.2) is 4.98 Å². The Morgan fingerprint density at radius 3 is 2.50 bits per heavy atom. The van der Waals surface area contributed by atoms with Crippen molar-refractivity contribution in [1.82, 2.24) is 10.3 Å². The Morgan fingerprint density at radius 1 is 1.00 bits per heavy atom. The summed E-state index contributed by atoms with van der Waals surface area (Å²) in [7, 11) is 0. The summed E-state index contributed by atoms with van der Waals surface area (Å²) in [6, 6.07) is 17.0. The van der Waals surface area contributed by atoms with Gasteiger partial charge >= 0.3 is 0 Å². The van der Waals surface area contributed by atoms with Gasteiger partial charge in [0.1, 0.15) is 0 Å².